The molecule has 2 N–H and O–H groups in total. The molecule has 0 spiro atoms. The van der Waals surface area contributed by atoms with E-state index >= 15 is 0 Å². The summed E-state index contributed by atoms with van der Waals surface area (Å²) in [6.45, 7) is 3.92. The number of ether oxygens (including phenoxy) is 2. The van der Waals surface area contributed by atoms with E-state index in [1.165, 1.54) is 0 Å². The summed E-state index contributed by atoms with van der Waals surface area (Å²) in [5.41, 5.74) is 6.63. The minimum absolute atomic E-state index is 0.302. The summed E-state index contributed by atoms with van der Waals surface area (Å²) in [5.74, 6) is 1.19. The smallest absolute Gasteiger partial charge is 0.179 e. The third-order valence-corrected chi connectivity index (χ3v) is 2.63. The Kier molecular flexibility index (Phi) is 4.05. The second kappa shape index (κ2) is 4.93. The number of hydrogen-bond acceptors (Lipinski definition) is 3. The Morgan fingerprint density at radius 3 is 2.31 bits per heavy atom. The first-order valence-corrected chi connectivity index (χ1v) is 5.45. The van der Waals surface area contributed by atoms with Crippen molar-refractivity contribution in [3.05, 3.63) is 22.7 Å². The summed E-state index contributed by atoms with van der Waals surface area (Å²) in [4.78, 5) is 0. The molecule has 0 aliphatic rings. The van der Waals surface area contributed by atoms with Gasteiger partial charge in [0.2, 0.25) is 0 Å². The van der Waals surface area contributed by atoms with Crippen molar-refractivity contribution in [2.75, 3.05) is 14.2 Å². The van der Waals surface area contributed by atoms with Gasteiger partial charge in [-0.1, -0.05) is 17.7 Å². The van der Waals surface area contributed by atoms with Crippen LogP contribution in [-0.4, -0.2) is 19.8 Å². The molecule has 0 aliphatic carbocycles. The Balaban J connectivity index is 3.14. The SMILES string of the molecule is COc1ccc(CC(C)(C)N)c(Cl)c1OC. The van der Waals surface area contributed by atoms with Crippen LogP contribution in [0.5, 0.6) is 11.5 Å². The lowest BCUT2D eigenvalue weighted by Gasteiger charge is -2.20. The zero-order valence-corrected chi connectivity index (χ0v) is 10.9. The normalized spacial score (nSPS) is 11.4. The van der Waals surface area contributed by atoms with Crippen LogP contribution in [-0.2, 0) is 6.42 Å². The third-order valence-electron chi connectivity index (χ3n) is 2.21. The average molecular weight is 244 g/mol. The molecule has 0 fully saturated rings. The first-order valence-electron chi connectivity index (χ1n) is 5.07. The fraction of sp³-hybridized carbons (Fsp3) is 0.500. The van der Waals surface area contributed by atoms with Crippen LogP contribution in [0.4, 0.5) is 0 Å². The summed E-state index contributed by atoms with van der Waals surface area (Å²) >= 11 is 6.24. The van der Waals surface area contributed by atoms with E-state index in [2.05, 4.69) is 0 Å². The van der Waals surface area contributed by atoms with E-state index in [1.807, 2.05) is 26.0 Å². The Hall–Kier alpha value is -0.930. The van der Waals surface area contributed by atoms with Gasteiger partial charge in [0.05, 0.1) is 19.2 Å². The van der Waals surface area contributed by atoms with Gasteiger partial charge in [-0.3, -0.25) is 0 Å². The van der Waals surface area contributed by atoms with Gasteiger partial charge in [0.15, 0.2) is 11.5 Å². The van der Waals surface area contributed by atoms with E-state index in [9.17, 15) is 0 Å². The highest BCUT2D eigenvalue weighted by Crippen LogP contribution is 2.38. The van der Waals surface area contributed by atoms with Gasteiger partial charge < -0.3 is 15.2 Å². The van der Waals surface area contributed by atoms with Gasteiger partial charge in [-0.2, -0.15) is 0 Å². The molecule has 90 valence electrons. The number of hydrogen-bond donors (Lipinski definition) is 1. The zero-order valence-electron chi connectivity index (χ0n) is 10.1. The second-order valence-electron chi connectivity index (χ2n) is 4.44. The first-order chi connectivity index (χ1) is 7.39. The minimum atomic E-state index is -0.302. The average Bonchev–Trinajstić information content (AvgIpc) is 2.19. The molecule has 0 saturated heterocycles. The fourth-order valence-corrected chi connectivity index (χ4v) is 1.86. The highest BCUT2D eigenvalue weighted by Gasteiger charge is 2.18. The number of halogens is 1. The molecule has 0 atom stereocenters. The Bertz CT molecular complexity index is 372. The molecule has 0 saturated carbocycles. The Labute approximate surface area is 101 Å². The van der Waals surface area contributed by atoms with Crippen LogP contribution in [0.25, 0.3) is 0 Å². The third kappa shape index (κ3) is 3.03. The molecular formula is C12H18ClNO2. The lowest BCUT2D eigenvalue weighted by molar-refractivity contribution is 0.354. The van der Waals surface area contributed by atoms with Crippen LogP contribution >= 0.6 is 11.6 Å². The molecule has 0 amide bonds. The van der Waals surface area contributed by atoms with Crippen molar-refractivity contribution < 1.29 is 9.47 Å². The quantitative estimate of drug-likeness (QED) is 0.884. The van der Waals surface area contributed by atoms with Crippen molar-refractivity contribution in [1.82, 2.24) is 0 Å². The summed E-state index contributed by atoms with van der Waals surface area (Å²) < 4.78 is 10.4. The second-order valence-corrected chi connectivity index (χ2v) is 4.82. The van der Waals surface area contributed by atoms with Crippen LogP contribution in [0.15, 0.2) is 12.1 Å². The maximum atomic E-state index is 6.24. The number of nitrogens with two attached hydrogens (primary N) is 1. The van der Waals surface area contributed by atoms with E-state index < -0.39 is 0 Å². The van der Waals surface area contributed by atoms with Crippen LogP contribution < -0.4 is 15.2 Å². The van der Waals surface area contributed by atoms with Gasteiger partial charge in [-0.25, -0.2) is 0 Å². The van der Waals surface area contributed by atoms with E-state index in [-0.39, 0.29) is 5.54 Å². The topological polar surface area (TPSA) is 44.5 Å². The molecule has 16 heavy (non-hydrogen) atoms. The molecule has 0 bridgehead atoms. The maximum Gasteiger partial charge on any atom is 0.179 e. The van der Waals surface area contributed by atoms with Crippen molar-refractivity contribution in [2.24, 2.45) is 5.73 Å². The van der Waals surface area contributed by atoms with Crippen molar-refractivity contribution in [3.8, 4) is 11.5 Å². The highest BCUT2D eigenvalue weighted by molar-refractivity contribution is 6.33. The molecule has 1 aromatic rings. The monoisotopic (exact) mass is 243 g/mol. The molecule has 0 aliphatic heterocycles. The fourth-order valence-electron chi connectivity index (χ4n) is 1.56. The van der Waals surface area contributed by atoms with E-state index in [4.69, 9.17) is 26.8 Å². The number of rotatable bonds is 4. The zero-order chi connectivity index (χ0) is 12.3. The van der Waals surface area contributed by atoms with Gasteiger partial charge in [0.1, 0.15) is 0 Å². The van der Waals surface area contributed by atoms with Crippen molar-refractivity contribution in [2.45, 2.75) is 25.8 Å². The van der Waals surface area contributed by atoms with E-state index in [1.54, 1.807) is 14.2 Å². The molecule has 0 aromatic heterocycles. The lowest BCUT2D eigenvalue weighted by Crippen LogP contribution is -2.34. The Morgan fingerprint density at radius 1 is 1.25 bits per heavy atom. The number of methoxy groups -OCH3 is 2. The summed E-state index contributed by atoms with van der Waals surface area (Å²) in [5, 5.41) is 0.570. The van der Waals surface area contributed by atoms with Gasteiger partial charge >= 0.3 is 0 Å². The summed E-state index contributed by atoms with van der Waals surface area (Å²) in [6, 6.07) is 3.75. The first kappa shape index (κ1) is 13.1. The largest absolute Gasteiger partial charge is 0.493 e. The van der Waals surface area contributed by atoms with Crippen molar-refractivity contribution in [3.63, 3.8) is 0 Å². The van der Waals surface area contributed by atoms with Gasteiger partial charge in [0.25, 0.3) is 0 Å². The Morgan fingerprint density at radius 2 is 1.88 bits per heavy atom. The van der Waals surface area contributed by atoms with Gasteiger partial charge in [-0.05, 0) is 31.9 Å². The summed E-state index contributed by atoms with van der Waals surface area (Å²) in [6.07, 6.45) is 0.687. The standard InChI is InChI=1S/C12H18ClNO2/c1-12(2,14)7-8-5-6-9(15-3)11(16-4)10(8)13/h5-6H,7,14H2,1-4H3. The predicted octanol–water partition coefficient (Wildman–Crippen LogP) is 2.64. The van der Waals surface area contributed by atoms with Crippen LogP contribution in [0.1, 0.15) is 19.4 Å². The molecule has 3 nitrogen and oxygen atoms in total. The predicted molar refractivity (Wildman–Crippen MR) is 66.5 cm³/mol. The molecule has 4 heteroatoms. The van der Waals surface area contributed by atoms with Crippen molar-refractivity contribution in [1.29, 1.82) is 0 Å². The van der Waals surface area contributed by atoms with E-state index in [0.29, 0.717) is 22.9 Å². The molecule has 1 aromatic carbocycles. The summed E-state index contributed by atoms with van der Waals surface area (Å²) in [7, 11) is 3.15. The van der Waals surface area contributed by atoms with Gasteiger partial charge in [0, 0.05) is 5.54 Å². The van der Waals surface area contributed by atoms with Crippen LogP contribution in [0, 0.1) is 0 Å². The molecular weight excluding hydrogens is 226 g/mol. The van der Waals surface area contributed by atoms with Gasteiger partial charge in [-0.15, -0.1) is 0 Å². The van der Waals surface area contributed by atoms with Crippen LogP contribution in [0.3, 0.4) is 0 Å². The lowest BCUT2D eigenvalue weighted by atomic mass is 9.96. The minimum Gasteiger partial charge on any atom is -0.493 e. The van der Waals surface area contributed by atoms with Crippen LogP contribution in [0.2, 0.25) is 5.02 Å². The maximum absolute atomic E-state index is 6.24. The number of benzene rings is 1. The van der Waals surface area contributed by atoms with E-state index in [0.717, 1.165) is 5.56 Å². The molecule has 1 rings (SSSR count). The van der Waals surface area contributed by atoms with Crippen molar-refractivity contribution >= 4 is 11.6 Å². The molecule has 0 heterocycles. The molecule has 0 unspecified atom stereocenters. The molecule has 0 radical (unpaired) electrons. The highest BCUT2D eigenvalue weighted by atomic mass is 35.5.